The van der Waals surface area contributed by atoms with E-state index in [4.69, 9.17) is 9.15 Å². The smallest absolute Gasteiger partial charge is 0.135 e. The summed E-state index contributed by atoms with van der Waals surface area (Å²) in [5, 5.41) is 4.73. The fourth-order valence-corrected chi connectivity index (χ4v) is 3.15. The maximum absolute atomic E-state index is 6.06. The second kappa shape index (κ2) is 4.83. The lowest BCUT2D eigenvalue weighted by Crippen LogP contribution is -2.33. The van der Waals surface area contributed by atoms with Crippen molar-refractivity contribution in [3.63, 3.8) is 0 Å². The molecule has 18 heavy (non-hydrogen) atoms. The first kappa shape index (κ1) is 12.4. The molecule has 4 heteroatoms. The van der Waals surface area contributed by atoms with Crippen molar-refractivity contribution >= 4 is 33.6 Å². The van der Waals surface area contributed by atoms with Crippen LogP contribution in [0.3, 0.4) is 0 Å². The summed E-state index contributed by atoms with van der Waals surface area (Å²) in [5.41, 5.74) is 2.34. The first-order chi connectivity index (χ1) is 8.70. The monoisotopic (exact) mass is 357 g/mol. The third-order valence-corrected chi connectivity index (χ3v) is 4.20. The van der Waals surface area contributed by atoms with Gasteiger partial charge in [0.2, 0.25) is 0 Å². The van der Waals surface area contributed by atoms with Gasteiger partial charge in [-0.3, -0.25) is 0 Å². The number of hydrogen-bond acceptors (Lipinski definition) is 3. The molecule has 1 aliphatic rings. The summed E-state index contributed by atoms with van der Waals surface area (Å²) in [5.74, 6) is 1.53. The Labute approximate surface area is 120 Å². The lowest BCUT2D eigenvalue weighted by Gasteiger charge is -2.26. The molecule has 1 aliphatic heterocycles. The van der Waals surface area contributed by atoms with Gasteiger partial charge in [-0.1, -0.05) is 6.92 Å². The van der Waals surface area contributed by atoms with Crippen molar-refractivity contribution in [2.45, 2.75) is 18.9 Å². The van der Waals surface area contributed by atoms with Gasteiger partial charge in [0, 0.05) is 28.2 Å². The van der Waals surface area contributed by atoms with Crippen LogP contribution in [-0.2, 0) is 4.74 Å². The molecule has 96 valence electrons. The fraction of sp³-hybridized carbons (Fsp3) is 0.429. The molecule has 1 N–H and O–H groups in total. The van der Waals surface area contributed by atoms with Crippen molar-refractivity contribution in [1.29, 1.82) is 0 Å². The van der Waals surface area contributed by atoms with E-state index in [0.717, 1.165) is 17.9 Å². The average molecular weight is 357 g/mol. The Bertz CT molecular complexity index is 578. The molecule has 2 heterocycles. The van der Waals surface area contributed by atoms with Crippen molar-refractivity contribution in [3.8, 4) is 0 Å². The van der Waals surface area contributed by atoms with Crippen LogP contribution in [0.1, 0.15) is 30.2 Å². The van der Waals surface area contributed by atoms with Gasteiger partial charge in [0.25, 0.3) is 0 Å². The van der Waals surface area contributed by atoms with Gasteiger partial charge in [-0.25, -0.2) is 0 Å². The standard InChI is InChI=1S/C14H16INO2/c1-8-6-16-11(7-17-2)14-13(8)10-4-3-9(15)5-12(10)18-14/h3-5,8,11,16H,6-7H2,1-2H3. The third-order valence-electron chi connectivity index (χ3n) is 3.53. The Kier molecular flexibility index (Phi) is 3.34. The van der Waals surface area contributed by atoms with Crippen LogP contribution in [0.4, 0.5) is 0 Å². The van der Waals surface area contributed by atoms with Gasteiger partial charge in [0.1, 0.15) is 11.3 Å². The highest BCUT2D eigenvalue weighted by atomic mass is 127. The molecule has 0 radical (unpaired) electrons. The summed E-state index contributed by atoms with van der Waals surface area (Å²) in [4.78, 5) is 0. The second-order valence-electron chi connectivity index (χ2n) is 4.84. The highest BCUT2D eigenvalue weighted by molar-refractivity contribution is 14.1. The van der Waals surface area contributed by atoms with Crippen molar-refractivity contribution < 1.29 is 9.15 Å². The Morgan fingerprint density at radius 1 is 1.50 bits per heavy atom. The van der Waals surface area contributed by atoms with Crippen LogP contribution >= 0.6 is 22.6 Å². The molecule has 0 saturated heterocycles. The summed E-state index contributed by atoms with van der Waals surface area (Å²) in [6.07, 6.45) is 0. The minimum Gasteiger partial charge on any atom is -0.459 e. The molecular formula is C14H16INO2. The van der Waals surface area contributed by atoms with Crippen molar-refractivity contribution in [2.24, 2.45) is 0 Å². The number of halogens is 1. The van der Waals surface area contributed by atoms with Gasteiger partial charge < -0.3 is 14.5 Å². The van der Waals surface area contributed by atoms with Crippen LogP contribution < -0.4 is 5.32 Å². The van der Waals surface area contributed by atoms with Gasteiger partial charge in [-0.05, 0) is 46.7 Å². The molecule has 1 aromatic carbocycles. The van der Waals surface area contributed by atoms with E-state index in [9.17, 15) is 0 Å². The van der Waals surface area contributed by atoms with Gasteiger partial charge in [0.05, 0.1) is 12.6 Å². The molecule has 0 aliphatic carbocycles. The maximum Gasteiger partial charge on any atom is 0.135 e. The molecule has 1 aromatic heterocycles. The number of methoxy groups -OCH3 is 1. The molecule has 2 unspecified atom stereocenters. The van der Waals surface area contributed by atoms with Crippen LogP contribution in [0.15, 0.2) is 22.6 Å². The average Bonchev–Trinajstić information content (AvgIpc) is 2.72. The van der Waals surface area contributed by atoms with E-state index in [2.05, 4.69) is 53.0 Å². The number of hydrogen-bond donors (Lipinski definition) is 1. The van der Waals surface area contributed by atoms with Crippen molar-refractivity contribution in [2.75, 3.05) is 20.3 Å². The van der Waals surface area contributed by atoms with Crippen LogP contribution in [0.5, 0.6) is 0 Å². The first-order valence-corrected chi connectivity index (χ1v) is 7.22. The second-order valence-corrected chi connectivity index (χ2v) is 6.08. The Hall–Kier alpha value is -0.590. The van der Waals surface area contributed by atoms with Crippen LogP contribution in [0.2, 0.25) is 0 Å². The third kappa shape index (κ3) is 1.96. The minimum absolute atomic E-state index is 0.172. The summed E-state index contributed by atoms with van der Waals surface area (Å²) < 4.78 is 12.5. The summed E-state index contributed by atoms with van der Waals surface area (Å²) in [6, 6.07) is 6.58. The SMILES string of the molecule is COCC1NCC(C)c2c1oc1cc(I)ccc21. The Balaban J connectivity index is 2.18. The van der Waals surface area contributed by atoms with Gasteiger partial charge >= 0.3 is 0 Å². The van der Waals surface area contributed by atoms with E-state index in [0.29, 0.717) is 12.5 Å². The number of ether oxygens (including phenoxy) is 1. The molecule has 3 nitrogen and oxygen atoms in total. The predicted molar refractivity (Wildman–Crippen MR) is 80.0 cm³/mol. The molecule has 0 amide bonds. The zero-order valence-corrected chi connectivity index (χ0v) is 12.7. The van der Waals surface area contributed by atoms with E-state index >= 15 is 0 Å². The lowest BCUT2D eigenvalue weighted by atomic mass is 9.91. The normalized spacial score (nSPS) is 23.3. The summed E-state index contributed by atoms with van der Waals surface area (Å²) >= 11 is 2.32. The predicted octanol–water partition coefficient (Wildman–Crippen LogP) is 3.43. The van der Waals surface area contributed by atoms with E-state index in [-0.39, 0.29) is 6.04 Å². The molecule has 0 fully saturated rings. The zero-order valence-electron chi connectivity index (χ0n) is 10.5. The number of fused-ring (bicyclic) bond motifs is 3. The van der Waals surface area contributed by atoms with Gasteiger partial charge in [-0.2, -0.15) is 0 Å². The molecule has 0 saturated carbocycles. The zero-order chi connectivity index (χ0) is 12.7. The van der Waals surface area contributed by atoms with Crippen LogP contribution in [0, 0.1) is 3.57 Å². The molecule has 2 atom stereocenters. The van der Waals surface area contributed by atoms with E-state index in [1.807, 2.05) is 0 Å². The van der Waals surface area contributed by atoms with Crippen LogP contribution in [0.25, 0.3) is 11.0 Å². The maximum atomic E-state index is 6.06. The van der Waals surface area contributed by atoms with E-state index < -0.39 is 0 Å². The minimum atomic E-state index is 0.172. The Morgan fingerprint density at radius 2 is 2.33 bits per heavy atom. The van der Waals surface area contributed by atoms with Crippen molar-refractivity contribution in [1.82, 2.24) is 5.32 Å². The first-order valence-electron chi connectivity index (χ1n) is 6.15. The quantitative estimate of drug-likeness (QED) is 0.837. The van der Waals surface area contributed by atoms with Gasteiger partial charge in [-0.15, -0.1) is 0 Å². The van der Waals surface area contributed by atoms with Crippen LogP contribution in [-0.4, -0.2) is 20.3 Å². The number of nitrogens with one attached hydrogen (secondary N) is 1. The largest absolute Gasteiger partial charge is 0.459 e. The molecule has 3 rings (SSSR count). The summed E-state index contributed by atoms with van der Waals surface area (Å²) in [7, 11) is 1.73. The lowest BCUT2D eigenvalue weighted by molar-refractivity contribution is 0.152. The van der Waals surface area contributed by atoms with Crippen molar-refractivity contribution in [3.05, 3.63) is 33.1 Å². The molecular weight excluding hydrogens is 341 g/mol. The highest BCUT2D eigenvalue weighted by Crippen LogP contribution is 2.38. The molecule has 0 bridgehead atoms. The highest BCUT2D eigenvalue weighted by Gasteiger charge is 2.30. The molecule has 0 spiro atoms. The summed E-state index contributed by atoms with van der Waals surface area (Å²) in [6.45, 7) is 3.86. The Morgan fingerprint density at radius 3 is 3.11 bits per heavy atom. The topological polar surface area (TPSA) is 34.4 Å². The van der Waals surface area contributed by atoms with E-state index in [1.165, 1.54) is 14.5 Å². The van der Waals surface area contributed by atoms with E-state index in [1.54, 1.807) is 7.11 Å². The number of benzene rings is 1. The fourth-order valence-electron chi connectivity index (χ4n) is 2.69. The molecule has 2 aromatic rings. The number of furan rings is 1. The van der Waals surface area contributed by atoms with Gasteiger partial charge in [0.15, 0.2) is 0 Å². The number of rotatable bonds is 2.